The molecule has 0 saturated heterocycles. The van der Waals surface area contributed by atoms with Crippen molar-refractivity contribution < 1.29 is 14.7 Å². The summed E-state index contributed by atoms with van der Waals surface area (Å²) in [4.78, 5) is 23.9. The number of aliphatic carboxylic acids is 1. The van der Waals surface area contributed by atoms with Gasteiger partial charge in [0, 0.05) is 13.1 Å². The van der Waals surface area contributed by atoms with E-state index in [9.17, 15) is 14.7 Å². The van der Waals surface area contributed by atoms with Crippen molar-refractivity contribution in [1.82, 2.24) is 5.32 Å². The minimum Gasteiger partial charge on any atom is -0.481 e. The number of carboxylic acids is 1. The Labute approximate surface area is 121 Å². The lowest BCUT2D eigenvalue weighted by molar-refractivity contribution is -0.149. The first-order valence-electron chi connectivity index (χ1n) is 7.68. The molecule has 1 aliphatic carbocycles. The van der Waals surface area contributed by atoms with Crippen LogP contribution in [0.4, 0.5) is 0 Å². The lowest BCUT2D eigenvalue weighted by Gasteiger charge is -2.36. The molecule has 1 saturated carbocycles. The monoisotopic (exact) mass is 284 g/mol. The fourth-order valence-electron chi connectivity index (χ4n) is 3.07. The van der Waals surface area contributed by atoms with Gasteiger partial charge < -0.3 is 16.2 Å². The van der Waals surface area contributed by atoms with Crippen LogP contribution in [0.5, 0.6) is 0 Å². The van der Waals surface area contributed by atoms with E-state index in [-0.39, 0.29) is 12.5 Å². The van der Waals surface area contributed by atoms with Crippen LogP contribution in [-0.4, -0.2) is 30.1 Å². The molecule has 0 bridgehead atoms. The molecule has 0 spiro atoms. The van der Waals surface area contributed by atoms with E-state index in [4.69, 9.17) is 5.73 Å². The molecule has 0 radical (unpaired) electrons. The first kappa shape index (κ1) is 17.0. The van der Waals surface area contributed by atoms with E-state index in [1.165, 1.54) is 0 Å². The van der Waals surface area contributed by atoms with Crippen molar-refractivity contribution in [3.63, 3.8) is 0 Å². The van der Waals surface area contributed by atoms with Crippen LogP contribution in [0, 0.1) is 10.8 Å². The highest BCUT2D eigenvalue weighted by Crippen LogP contribution is 2.36. The number of carbonyl (C=O) groups is 2. The summed E-state index contributed by atoms with van der Waals surface area (Å²) in [5.41, 5.74) is 4.48. The van der Waals surface area contributed by atoms with Crippen molar-refractivity contribution in [2.45, 2.75) is 58.8 Å². The van der Waals surface area contributed by atoms with Gasteiger partial charge in [0.2, 0.25) is 5.91 Å². The van der Waals surface area contributed by atoms with Crippen LogP contribution >= 0.6 is 0 Å². The zero-order valence-electron chi connectivity index (χ0n) is 12.7. The summed E-state index contributed by atoms with van der Waals surface area (Å²) in [7, 11) is 0. The third-order valence-corrected chi connectivity index (χ3v) is 5.08. The standard InChI is InChI=1S/C15H28N2O3/c1-3-14(4-2,13(19)20)11-17-12(18)15(10-16)8-6-5-7-9-15/h3-11,16H2,1-2H3,(H,17,18)(H,19,20). The van der Waals surface area contributed by atoms with E-state index in [1.54, 1.807) is 0 Å². The van der Waals surface area contributed by atoms with E-state index < -0.39 is 16.8 Å². The molecule has 5 nitrogen and oxygen atoms in total. The molecule has 0 heterocycles. The molecule has 0 aromatic rings. The summed E-state index contributed by atoms with van der Waals surface area (Å²) in [6.07, 6.45) is 5.84. The third kappa shape index (κ3) is 3.32. The number of carboxylic acid groups (broad SMARTS) is 1. The number of amides is 1. The molecule has 116 valence electrons. The van der Waals surface area contributed by atoms with Gasteiger partial charge in [-0.2, -0.15) is 0 Å². The molecule has 1 rings (SSSR count). The molecular formula is C15H28N2O3. The third-order valence-electron chi connectivity index (χ3n) is 5.08. The van der Waals surface area contributed by atoms with E-state index in [0.717, 1.165) is 32.1 Å². The van der Waals surface area contributed by atoms with E-state index >= 15 is 0 Å². The molecule has 0 aromatic heterocycles. The Balaban J connectivity index is 2.71. The summed E-state index contributed by atoms with van der Waals surface area (Å²) in [5.74, 6) is -0.902. The van der Waals surface area contributed by atoms with Crippen molar-refractivity contribution in [2.75, 3.05) is 13.1 Å². The van der Waals surface area contributed by atoms with E-state index in [1.807, 2.05) is 13.8 Å². The minimum absolute atomic E-state index is 0.0628. The second-order valence-corrected chi connectivity index (χ2v) is 6.02. The van der Waals surface area contributed by atoms with Gasteiger partial charge >= 0.3 is 5.97 Å². The highest BCUT2D eigenvalue weighted by atomic mass is 16.4. The van der Waals surface area contributed by atoms with Crippen molar-refractivity contribution in [1.29, 1.82) is 0 Å². The highest BCUT2D eigenvalue weighted by Gasteiger charge is 2.41. The number of hydrogen-bond donors (Lipinski definition) is 3. The quantitative estimate of drug-likeness (QED) is 0.665. The number of rotatable bonds is 7. The van der Waals surface area contributed by atoms with Gasteiger partial charge in [0.25, 0.3) is 0 Å². The second-order valence-electron chi connectivity index (χ2n) is 6.02. The number of nitrogens with two attached hydrogens (primary N) is 1. The maximum atomic E-state index is 12.5. The smallest absolute Gasteiger partial charge is 0.311 e. The molecule has 0 unspecified atom stereocenters. The van der Waals surface area contributed by atoms with Crippen LogP contribution in [0.15, 0.2) is 0 Å². The van der Waals surface area contributed by atoms with E-state index in [2.05, 4.69) is 5.32 Å². The van der Waals surface area contributed by atoms with Gasteiger partial charge in [-0.25, -0.2) is 0 Å². The Morgan fingerprint density at radius 3 is 2.15 bits per heavy atom. The first-order chi connectivity index (χ1) is 9.46. The topological polar surface area (TPSA) is 92.4 Å². The Kier molecular flexibility index (Phi) is 5.99. The number of carbonyl (C=O) groups excluding carboxylic acids is 1. The molecule has 1 fully saturated rings. The predicted octanol–water partition coefficient (Wildman–Crippen LogP) is 1.90. The Hall–Kier alpha value is -1.10. The molecule has 0 aliphatic heterocycles. The normalized spacial score (nSPS) is 18.6. The Morgan fingerprint density at radius 1 is 1.20 bits per heavy atom. The summed E-state index contributed by atoms with van der Waals surface area (Å²) in [6, 6.07) is 0. The van der Waals surface area contributed by atoms with Crippen LogP contribution in [0.1, 0.15) is 58.8 Å². The number of nitrogens with one attached hydrogen (secondary N) is 1. The van der Waals surface area contributed by atoms with Crippen LogP contribution in [0.3, 0.4) is 0 Å². The molecule has 1 amide bonds. The molecule has 0 aromatic carbocycles. The zero-order valence-corrected chi connectivity index (χ0v) is 12.7. The molecular weight excluding hydrogens is 256 g/mol. The van der Waals surface area contributed by atoms with Gasteiger partial charge in [-0.3, -0.25) is 9.59 Å². The van der Waals surface area contributed by atoms with Crippen LogP contribution in [0.25, 0.3) is 0 Å². The Morgan fingerprint density at radius 2 is 1.75 bits per heavy atom. The van der Waals surface area contributed by atoms with Crippen molar-refractivity contribution in [3.05, 3.63) is 0 Å². The van der Waals surface area contributed by atoms with Gasteiger partial charge in [0.1, 0.15) is 0 Å². The van der Waals surface area contributed by atoms with Crippen LogP contribution in [-0.2, 0) is 9.59 Å². The van der Waals surface area contributed by atoms with E-state index in [0.29, 0.717) is 19.4 Å². The lowest BCUT2D eigenvalue weighted by atomic mass is 9.73. The SMILES string of the molecule is CCC(CC)(CNC(=O)C1(CN)CCCCC1)C(=O)O. The van der Waals surface area contributed by atoms with Gasteiger partial charge in [-0.15, -0.1) is 0 Å². The van der Waals surface area contributed by atoms with Crippen molar-refractivity contribution in [3.8, 4) is 0 Å². The predicted molar refractivity (Wildman–Crippen MR) is 78.2 cm³/mol. The Bertz CT molecular complexity index is 345. The largest absolute Gasteiger partial charge is 0.481 e. The first-order valence-corrected chi connectivity index (χ1v) is 7.68. The lowest BCUT2D eigenvalue weighted by Crippen LogP contribution is -2.51. The molecule has 20 heavy (non-hydrogen) atoms. The average Bonchev–Trinajstić information content (AvgIpc) is 2.48. The maximum absolute atomic E-state index is 12.5. The van der Waals surface area contributed by atoms with Gasteiger partial charge in [0.15, 0.2) is 0 Å². The fourth-order valence-corrected chi connectivity index (χ4v) is 3.07. The summed E-state index contributed by atoms with van der Waals surface area (Å²) in [6.45, 7) is 4.24. The second kappa shape index (κ2) is 7.07. The van der Waals surface area contributed by atoms with Crippen LogP contribution in [0.2, 0.25) is 0 Å². The van der Waals surface area contributed by atoms with Crippen molar-refractivity contribution >= 4 is 11.9 Å². The summed E-state index contributed by atoms with van der Waals surface area (Å²) in [5, 5.41) is 12.3. The fraction of sp³-hybridized carbons (Fsp3) is 0.867. The maximum Gasteiger partial charge on any atom is 0.311 e. The zero-order chi connectivity index (χ0) is 15.2. The molecule has 1 aliphatic rings. The summed E-state index contributed by atoms with van der Waals surface area (Å²) < 4.78 is 0. The van der Waals surface area contributed by atoms with Crippen molar-refractivity contribution in [2.24, 2.45) is 16.6 Å². The van der Waals surface area contributed by atoms with Gasteiger partial charge in [-0.05, 0) is 25.7 Å². The van der Waals surface area contributed by atoms with Gasteiger partial charge in [-0.1, -0.05) is 33.1 Å². The molecule has 0 atom stereocenters. The number of hydrogen-bond acceptors (Lipinski definition) is 3. The minimum atomic E-state index is -0.861. The molecule has 5 heteroatoms. The summed E-state index contributed by atoms with van der Waals surface area (Å²) >= 11 is 0. The average molecular weight is 284 g/mol. The molecule has 4 N–H and O–H groups in total. The highest BCUT2D eigenvalue weighted by molar-refractivity contribution is 5.84. The van der Waals surface area contributed by atoms with Gasteiger partial charge in [0.05, 0.1) is 10.8 Å². The van der Waals surface area contributed by atoms with Crippen LogP contribution < -0.4 is 11.1 Å².